The van der Waals surface area contributed by atoms with Gasteiger partial charge in [0, 0.05) is 64.5 Å². The van der Waals surface area contributed by atoms with Crippen LogP contribution in [0.5, 0.6) is 0 Å². The van der Waals surface area contributed by atoms with Crippen molar-refractivity contribution < 1.29 is 64.9 Å². The molecule has 4 aromatic rings. The third-order valence-electron chi connectivity index (χ3n) is 11.0. The molecule has 4 aromatic carbocycles. The van der Waals surface area contributed by atoms with Crippen molar-refractivity contribution in [2.24, 2.45) is 0 Å². The van der Waals surface area contributed by atoms with Gasteiger partial charge in [0.25, 0.3) is 0 Å². The van der Waals surface area contributed by atoms with E-state index in [1.54, 1.807) is 12.2 Å². The van der Waals surface area contributed by atoms with E-state index in [1.807, 2.05) is 48.6 Å². The molecule has 0 saturated carbocycles. The second kappa shape index (κ2) is 17.7. The van der Waals surface area contributed by atoms with Crippen molar-refractivity contribution in [1.82, 2.24) is 0 Å². The molecule has 0 radical (unpaired) electrons. The van der Waals surface area contributed by atoms with Gasteiger partial charge in [-0.1, -0.05) is 92.7 Å². The zero-order chi connectivity index (χ0) is 40.5. The van der Waals surface area contributed by atoms with Crippen molar-refractivity contribution in [2.45, 2.75) is 71.1 Å². The largest absolute Gasteiger partial charge is 1.00 e. The number of nitrogens with zero attached hydrogens (tertiary/aromatic N) is 2. The Labute approximate surface area is 359 Å². The number of rotatable bonds is 15. The average Bonchev–Trinajstić information content (AvgIpc) is 3.48. The first kappa shape index (κ1) is 44.4. The molecule has 0 spiro atoms. The van der Waals surface area contributed by atoms with Gasteiger partial charge in [0.15, 0.2) is 11.5 Å². The number of ketones is 1. The topological polar surface area (TPSA) is 138 Å². The summed E-state index contributed by atoms with van der Waals surface area (Å²) >= 11 is 0. The fourth-order valence-corrected chi connectivity index (χ4v) is 9.54. The van der Waals surface area contributed by atoms with E-state index in [9.17, 15) is 30.7 Å². The predicted molar refractivity (Wildman–Crippen MR) is 224 cm³/mol. The molecule has 0 aromatic heterocycles. The Bertz CT molecular complexity index is 2580. The van der Waals surface area contributed by atoms with E-state index in [2.05, 4.69) is 85.7 Å². The van der Waals surface area contributed by atoms with Crippen LogP contribution in [-0.2, 0) is 35.9 Å². The van der Waals surface area contributed by atoms with E-state index in [0.717, 1.165) is 44.3 Å². The summed E-state index contributed by atoms with van der Waals surface area (Å²) in [5, 5.41) is 4.51. The summed E-state index contributed by atoms with van der Waals surface area (Å²) in [4.78, 5) is 15.2. The van der Waals surface area contributed by atoms with E-state index >= 15 is 0 Å². The number of Topliss-reactive ketones (excluding diaryl/α,β-unsaturated/α-hetero) is 1. The Morgan fingerprint density at radius 3 is 1.93 bits per heavy atom. The number of allylic oxidation sites excluding steroid dienone is 8. The molecule has 0 aliphatic carbocycles. The number of carbonyl (C=O) groups excluding carboxylic acids is 1. The summed E-state index contributed by atoms with van der Waals surface area (Å²) < 4.78 is 70.1. The summed E-state index contributed by atoms with van der Waals surface area (Å²) in [7, 11) is -8.61. The second-order valence-corrected chi connectivity index (χ2v) is 18.7. The maximum atomic E-state index is 13.0. The Morgan fingerprint density at radius 2 is 1.32 bits per heavy atom. The summed E-state index contributed by atoms with van der Waals surface area (Å²) in [5.74, 6) is -0.923. The van der Waals surface area contributed by atoms with Gasteiger partial charge in [-0.15, -0.1) is 0 Å². The minimum absolute atomic E-state index is 0. The summed E-state index contributed by atoms with van der Waals surface area (Å²) in [6.07, 6.45) is 12.9. The van der Waals surface area contributed by atoms with Crippen LogP contribution in [0.25, 0.3) is 21.5 Å². The minimum Gasteiger partial charge on any atom is -0.748 e. The number of benzene rings is 4. The maximum absolute atomic E-state index is 13.0. The van der Waals surface area contributed by atoms with Crippen LogP contribution < -0.4 is 34.5 Å². The minimum atomic E-state index is -4.31. The van der Waals surface area contributed by atoms with Gasteiger partial charge in [-0.3, -0.25) is 4.79 Å². The van der Waals surface area contributed by atoms with Gasteiger partial charge in [0.2, 0.25) is 5.69 Å². The van der Waals surface area contributed by atoms with Crippen molar-refractivity contribution in [2.75, 3.05) is 29.5 Å². The van der Waals surface area contributed by atoms with Gasteiger partial charge in [-0.2, -0.15) is 4.58 Å². The van der Waals surface area contributed by atoms with E-state index < -0.39 is 42.6 Å². The SMILES string of the molecule is CC(=O)C(=C\C=C\C1=[N+](CCCCS(=O)(=O)[O-])c2ccc3ccccc3c2C1(C)C)/C=C/C=C1/N(CCCCS(=O)(=O)[O-])c2ccc3ccccc3c2C1(C)C.[Na+]. The molecule has 0 atom stereocenters. The number of carbonyl (C=O) groups is 1. The molecular weight excluding hydrogens is 768 g/mol. The maximum Gasteiger partial charge on any atom is 1.00 e. The molecule has 2 aliphatic rings. The first-order valence-electron chi connectivity index (χ1n) is 19.0. The molecule has 294 valence electrons. The van der Waals surface area contributed by atoms with Gasteiger partial charge >= 0.3 is 29.6 Å². The van der Waals surface area contributed by atoms with E-state index in [-0.39, 0.29) is 48.2 Å². The van der Waals surface area contributed by atoms with Crippen LogP contribution in [-0.4, -0.2) is 66.6 Å². The molecule has 0 amide bonds. The molecule has 6 rings (SSSR count). The van der Waals surface area contributed by atoms with Crippen LogP contribution in [0, 0.1) is 0 Å². The van der Waals surface area contributed by atoms with Crippen LogP contribution in [0.15, 0.2) is 121 Å². The molecule has 0 unspecified atom stereocenters. The predicted octanol–water partition coefficient (Wildman–Crippen LogP) is 5.33. The van der Waals surface area contributed by atoms with Crippen molar-refractivity contribution >= 4 is 64.7 Å². The van der Waals surface area contributed by atoms with E-state index in [1.165, 1.54) is 18.1 Å². The average molecular weight is 817 g/mol. The fraction of sp³-hybridized carbons (Fsp3) is 0.333. The van der Waals surface area contributed by atoms with Crippen LogP contribution in [0.2, 0.25) is 0 Å². The van der Waals surface area contributed by atoms with E-state index in [0.29, 0.717) is 31.5 Å². The Hall–Kier alpha value is -3.68. The number of unbranched alkanes of at least 4 members (excludes halogenated alkanes) is 2. The Morgan fingerprint density at radius 1 is 0.737 bits per heavy atom. The van der Waals surface area contributed by atoms with Crippen molar-refractivity contribution in [3.05, 3.63) is 132 Å². The Kier molecular flexibility index (Phi) is 13.8. The smallest absolute Gasteiger partial charge is 0.748 e. The monoisotopic (exact) mass is 816 g/mol. The molecule has 12 heteroatoms. The van der Waals surface area contributed by atoms with Crippen LogP contribution in [0.4, 0.5) is 11.4 Å². The van der Waals surface area contributed by atoms with Crippen molar-refractivity contribution in [3.8, 4) is 0 Å². The molecule has 2 aliphatic heterocycles. The fourth-order valence-electron chi connectivity index (χ4n) is 8.43. The second-order valence-electron chi connectivity index (χ2n) is 15.7. The molecule has 0 fully saturated rings. The normalized spacial score (nSPS) is 17.3. The first-order chi connectivity index (χ1) is 26.4. The van der Waals surface area contributed by atoms with Gasteiger partial charge < -0.3 is 14.0 Å². The zero-order valence-corrected chi connectivity index (χ0v) is 37.3. The first-order valence-corrected chi connectivity index (χ1v) is 22.2. The van der Waals surface area contributed by atoms with Gasteiger partial charge in [0.1, 0.15) is 6.54 Å². The molecule has 0 N–H and O–H groups in total. The van der Waals surface area contributed by atoms with Gasteiger partial charge in [0.05, 0.1) is 25.7 Å². The summed E-state index contributed by atoms with van der Waals surface area (Å²) in [6.45, 7) is 11.2. The summed E-state index contributed by atoms with van der Waals surface area (Å²) in [6, 6.07) is 24.8. The number of hydrogen-bond acceptors (Lipinski definition) is 8. The molecular formula is C45H49N2NaO7S2. The van der Waals surface area contributed by atoms with Gasteiger partial charge in [-0.25, -0.2) is 16.8 Å². The van der Waals surface area contributed by atoms with Crippen LogP contribution >= 0.6 is 0 Å². The van der Waals surface area contributed by atoms with Crippen LogP contribution in [0.1, 0.15) is 71.4 Å². The summed E-state index contributed by atoms with van der Waals surface area (Å²) in [5.41, 5.74) is 6.06. The molecule has 57 heavy (non-hydrogen) atoms. The van der Waals surface area contributed by atoms with Crippen LogP contribution in [0.3, 0.4) is 0 Å². The third-order valence-corrected chi connectivity index (χ3v) is 12.6. The number of fused-ring (bicyclic) bond motifs is 6. The molecule has 9 nitrogen and oxygen atoms in total. The van der Waals surface area contributed by atoms with Gasteiger partial charge in [-0.05, 0) is 85.4 Å². The standard InChI is InChI=1S/C45H50N2O7S2.Na/c1-32(48)33(18-14-22-40-44(2,3)42-36-20-8-6-16-34(36)24-26-38(42)46(40)28-10-12-30-55(49,50)51)19-15-23-41-45(4,5)43-37-21-9-7-17-35(37)25-27-39(43)47(41)29-11-13-31-56(52,53)54;/h6-9,14-27H,10-13,28-31H2,1-5H3,(H-,49,50,51,52,53,54);/q;+1/p-1. The number of hydrogen-bond donors (Lipinski definition) is 0. The quantitative estimate of drug-likeness (QED) is 0.0392. The Balaban J connectivity index is 0.00000620. The molecule has 2 heterocycles. The zero-order valence-electron chi connectivity index (χ0n) is 33.6. The molecule has 0 bridgehead atoms. The van der Waals surface area contributed by atoms with Crippen molar-refractivity contribution in [1.29, 1.82) is 0 Å². The van der Waals surface area contributed by atoms with E-state index in [4.69, 9.17) is 0 Å². The molecule has 0 saturated heterocycles. The number of anilines is 1. The van der Waals surface area contributed by atoms with Crippen molar-refractivity contribution in [3.63, 3.8) is 0 Å². The third kappa shape index (κ3) is 9.79.